The number of nitrogens with one attached hydrogen (secondary N) is 2. The molecule has 2 aromatic carbocycles. The summed E-state index contributed by atoms with van der Waals surface area (Å²) in [5, 5.41) is 37.4. The highest BCUT2D eigenvalue weighted by atomic mass is 16.7. The summed E-state index contributed by atoms with van der Waals surface area (Å²) in [7, 11) is 4.55. The van der Waals surface area contributed by atoms with Crippen LogP contribution < -0.4 is 15.4 Å². The predicted octanol–water partition coefficient (Wildman–Crippen LogP) is 0.773. The van der Waals surface area contributed by atoms with Crippen LogP contribution >= 0.6 is 0 Å². The average Bonchev–Trinajstić information content (AvgIpc) is 3.17. The fourth-order valence-corrected chi connectivity index (χ4v) is 7.32. The number of hydrogen-bond acceptors (Lipinski definition) is 13. The Kier molecular flexibility index (Phi) is 13.1. The summed E-state index contributed by atoms with van der Waals surface area (Å²) in [5.41, 5.74) is 0.183. The number of ether oxygens (including phenoxy) is 4. The van der Waals surface area contributed by atoms with Crippen molar-refractivity contribution in [3.63, 3.8) is 0 Å². The molecule has 2 fully saturated rings. The Balaban J connectivity index is 0.000000281. The number of rotatable bonds is 9. The number of morpholine rings is 1. The number of aliphatic hydroxyl groups excluding tert-OH is 1. The number of aromatic hydroxyl groups is 2. The van der Waals surface area contributed by atoms with Gasteiger partial charge in [0.25, 0.3) is 0 Å². The summed E-state index contributed by atoms with van der Waals surface area (Å²) >= 11 is 0. The van der Waals surface area contributed by atoms with Crippen molar-refractivity contribution < 1.29 is 58.2 Å². The molecular formula is C37H48N4O12. The minimum absolute atomic E-state index is 0.0371. The van der Waals surface area contributed by atoms with Gasteiger partial charge in [0.15, 0.2) is 12.1 Å². The highest BCUT2D eigenvalue weighted by molar-refractivity contribution is 6.31. The molecule has 288 valence electrons. The maximum atomic E-state index is 13.3. The van der Waals surface area contributed by atoms with E-state index in [0.717, 1.165) is 26.1 Å². The summed E-state index contributed by atoms with van der Waals surface area (Å²) in [6, 6.07) is 4.29. The number of ketones is 2. The molecule has 2 aliphatic carbocycles. The number of amides is 3. The summed E-state index contributed by atoms with van der Waals surface area (Å²) < 4.78 is 21.3. The number of carbonyl (C=O) groups excluding carboxylic acids is 5. The van der Waals surface area contributed by atoms with Gasteiger partial charge in [0.1, 0.15) is 23.5 Å². The second kappa shape index (κ2) is 17.5. The van der Waals surface area contributed by atoms with Gasteiger partial charge < -0.3 is 54.6 Å². The van der Waals surface area contributed by atoms with E-state index in [2.05, 4.69) is 15.5 Å². The van der Waals surface area contributed by atoms with Gasteiger partial charge in [0, 0.05) is 75.6 Å². The van der Waals surface area contributed by atoms with Gasteiger partial charge >= 0.3 is 6.03 Å². The van der Waals surface area contributed by atoms with Crippen LogP contribution in [0.15, 0.2) is 18.2 Å². The first kappa shape index (κ1) is 39.6. The standard InChI is InChI=1S/C26H27N3O8.C11H21NO4/c1-29(26(36)28-9-11-30)10-8-27-25(35)13-6-7-14-16(12-13)23(33)19-20(21(14)31)24(34)18-15(22(19)32)4-3-5-17(18)37-2;1-8-11(13)9(3-5-15-8)12-4-6-16-10(7-12)14-2/h3-5,11,13,31,33H,6-10,12H2,1-2H3,(H,27,35)(H,28,36);8-11,13H,3-7H2,1-2H3. The predicted molar refractivity (Wildman–Crippen MR) is 188 cm³/mol. The van der Waals surface area contributed by atoms with E-state index in [1.807, 2.05) is 6.92 Å². The molecule has 3 amide bonds. The van der Waals surface area contributed by atoms with E-state index < -0.39 is 35.4 Å². The summed E-state index contributed by atoms with van der Waals surface area (Å²) in [6.45, 7) is 5.16. The van der Waals surface area contributed by atoms with Crippen molar-refractivity contribution >= 4 is 29.8 Å². The lowest BCUT2D eigenvalue weighted by Crippen LogP contribution is -2.57. The van der Waals surface area contributed by atoms with Crippen LogP contribution in [0.5, 0.6) is 17.2 Å². The lowest BCUT2D eigenvalue weighted by Gasteiger charge is -2.43. The molecule has 16 heteroatoms. The number of urea groups is 1. The minimum Gasteiger partial charge on any atom is -0.507 e. The molecule has 0 bridgehead atoms. The third-order valence-corrected chi connectivity index (χ3v) is 10.3. The van der Waals surface area contributed by atoms with E-state index in [1.165, 1.54) is 25.1 Å². The molecule has 16 nitrogen and oxygen atoms in total. The number of benzene rings is 2. The van der Waals surface area contributed by atoms with Crippen LogP contribution in [0.3, 0.4) is 0 Å². The topological polar surface area (TPSA) is 214 Å². The first-order valence-electron chi connectivity index (χ1n) is 17.7. The second-order valence-electron chi connectivity index (χ2n) is 13.4. The Morgan fingerprint density at radius 2 is 1.75 bits per heavy atom. The fourth-order valence-electron chi connectivity index (χ4n) is 7.32. The fraction of sp³-hybridized carbons (Fsp3) is 0.541. The van der Waals surface area contributed by atoms with Crippen molar-refractivity contribution in [3.05, 3.63) is 51.6 Å². The highest BCUT2D eigenvalue weighted by Crippen LogP contribution is 2.47. The van der Waals surface area contributed by atoms with Gasteiger partial charge in [-0.05, 0) is 38.7 Å². The number of phenols is 2. The zero-order valence-corrected chi connectivity index (χ0v) is 30.4. The Hall–Kier alpha value is -4.61. The van der Waals surface area contributed by atoms with E-state index in [9.17, 15) is 39.3 Å². The van der Waals surface area contributed by atoms with Crippen LogP contribution in [0.4, 0.5) is 4.79 Å². The number of carbonyl (C=O) groups is 5. The Bertz CT molecular complexity index is 1720. The SMILES string of the molecule is COC1CN(C2CCOC(C)C2O)CCO1.COc1cccc2c1C(=O)c1c(O)c3c(c(O)c1C2=O)CC(C(=O)NCCN(C)C(=O)NCC=O)CC3. The van der Waals surface area contributed by atoms with Gasteiger partial charge in [-0.15, -0.1) is 0 Å². The first-order valence-corrected chi connectivity index (χ1v) is 17.7. The van der Waals surface area contributed by atoms with E-state index in [-0.39, 0.29) is 96.1 Å². The summed E-state index contributed by atoms with van der Waals surface area (Å²) in [4.78, 5) is 65.2. The Labute approximate surface area is 307 Å². The monoisotopic (exact) mass is 740 g/mol. The molecule has 2 saturated heterocycles. The minimum atomic E-state index is -0.612. The molecule has 4 aliphatic rings. The quantitative estimate of drug-likeness (QED) is 0.152. The number of methoxy groups -OCH3 is 2. The Morgan fingerprint density at radius 3 is 2.47 bits per heavy atom. The summed E-state index contributed by atoms with van der Waals surface area (Å²) in [5.74, 6) is -2.64. The molecule has 5 unspecified atom stereocenters. The largest absolute Gasteiger partial charge is 0.507 e. The van der Waals surface area contributed by atoms with Crippen molar-refractivity contribution in [2.75, 3.05) is 67.2 Å². The van der Waals surface area contributed by atoms with Gasteiger partial charge in [-0.2, -0.15) is 0 Å². The van der Waals surface area contributed by atoms with Gasteiger partial charge in [-0.25, -0.2) is 4.79 Å². The molecular weight excluding hydrogens is 692 g/mol. The molecule has 6 rings (SSSR count). The van der Waals surface area contributed by atoms with Crippen molar-refractivity contribution in [1.29, 1.82) is 0 Å². The lowest BCUT2D eigenvalue weighted by molar-refractivity contribution is -0.190. The van der Waals surface area contributed by atoms with Crippen molar-refractivity contribution in [1.82, 2.24) is 20.4 Å². The van der Waals surface area contributed by atoms with Gasteiger partial charge in [0.05, 0.1) is 49.2 Å². The van der Waals surface area contributed by atoms with Crippen molar-refractivity contribution in [2.45, 2.75) is 57.1 Å². The normalized spacial score (nSPS) is 23.7. The number of nitrogens with zero attached hydrogens (tertiary/aromatic N) is 2. The molecule has 0 aromatic heterocycles. The van der Waals surface area contributed by atoms with Crippen molar-refractivity contribution in [2.24, 2.45) is 5.92 Å². The maximum absolute atomic E-state index is 13.3. The van der Waals surface area contributed by atoms with Gasteiger partial charge in [-0.1, -0.05) is 12.1 Å². The van der Waals surface area contributed by atoms with E-state index in [0.29, 0.717) is 24.9 Å². The number of hydrogen-bond donors (Lipinski definition) is 5. The molecule has 0 saturated carbocycles. The number of aldehydes is 1. The molecule has 0 spiro atoms. The van der Waals surface area contributed by atoms with Crippen LogP contribution in [0.2, 0.25) is 0 Å². The highest BCUT2D eigenvalue weighted by Gasteiger charge is 2.41. The molecule has 2 aromatic rings. The average molecular weight is 741 g/mol. The number of fused-ring (bicyclic) bond motifs is 3. The zero-order chi connectivity index (χ0) is 38.4. The lowest BCUT2D eigenvalue weighted by atomic mass is 9.75. The Morgan fingerprint density at radius 1 is 1.02 bits per heavy atom. The van der Waals surface area contributed by atoms with E-state index in [1.54, 1.807) is 19.2 Å². The number of aliphatic hydroxyl groups is 1. The van der Waals surface area contributed by atoms with Gasteiger partial charge in [0.2, 0.25) is 11.7 Å². The van der Waals surface area contributed by atoms with Gasteiger partial charge in [-0.3, -0.25) is 19.3 Å². The van der Waals surface area contributed by atoms with Crippen LogP contribution in [0.1, 0.15) is 62.7 Å². The molecule has 2 heterocycles. The first-order chi connectivity index (χ1) is 25.4. The van der Waals surface area contributed by atoms with Crippen LogP contribution in [-0.4, -0.2) is 147 Å². The molecule has 5 atom stereocenters. The summed E-state index contributed by atoms with van der Waals surface area (Å²) in [6.07, 6.45) is 1.41. The van der Waals surface area contributed by atoms with Crippen LogP contribution in [0, 0.1) is 5.92 Å². The maximum Gasteiger partial charge on any atom is 0.317 e. The third kappa shape index (κ3) is 8.31. The second-order valence-corrected chi connectivity index (χ2v) is 13.4. The zero-order valence-electron chi connectivity index (χ0n) is 30.4. The number of phenolic OH excluding ortho intramolecular Hbond substituents is 2. The molecule has 0 radical (unpaired) electrons. The van der Waals surface area contributed by atoms with E-state index in [4.69, 9.17) is 18.9 Å². The third-order valence-electron chi connectivity index (χ3n) is 10.3. The smallest absolute Gasteiger partial charge is 0.317 e. The van der Waals surface area contributed by atoms with Crippen LogP contribution in [0.25, 0.3) is 0 Å². The molecule has 53 heavy (non-hydrogen) atoms. The molecule has 2 aliphatic heterocycles. The van der Waals surface area contributed by atoms with Crippen molar-refractivity contribution in [3.8, 4) is 17.2 Å². The van der Waals surface area contributed by atoms with E-state index >= 15 is 0 Å². The van der Waals surface area contributed by atoms with Crippen LogP contribution in [-0.2, 0) is 36.6 Å². The molecule has 5 N–H and O–H groups in total. The number of likely N-dealkylation sites (N-methyl/N-ethyl adjacent to an activating group) is 1.